The van der Waals surface area contributed by atoms with Gasteiger partial charge in [-0.05, 0) is 24.6 Å². The third kappa shape index (κ3) is 4.81. The Morgan fingerprint density at radius 3 is 2.58 bits per heavy atom. The molecule has 0 heterocycles. The van der Waals surface area contributed by atoms with Gasteiger partial charge in [0.2, 0.25) is 5.91 Å². The Morgan fingerprint density at radius 2 is 1.88 bits per heavy atom. The average Bonchev–Trinajstić information content (AvgIpc) is 2.60. The molecule has 128 valence electrons. The van der Waals surface area contributed by atoms with Gasteiger partial charge in [0.15, 0.2) is 0 Å². The monoisotopic (exact) mass is 328 g/mol. The molecule has 2 aromatic rings. The number of nitrogens with two attached hydrogens (primary N) is 1. The van der Waals surface area contributed by atoms with Crippen LogP contribution in [0.1, 0.15) is 18.9 Å². The van der Waals surface area contributed by atoms with Gasteiger partial charge < -0.3 is 20.5 Å². The van der Waals surface area contributed by atoms with Crippen molar-refractivity contribution in [1.29, 1.82) is 0 Å². The predicted octanol–water partition coefficient (Wildman–Crippen LogP) is 2.91. The highest BCUT2D eigenvalue weighted by Crippen LogP contribution is 2.22. The summed E-state index contributed by atoms with van der Waals surface area (Å²) in [5, 5.41) is 2.85. The Hall–Kier alpha value is -2.37. The molecule has 0 fully saturated rings. The third-order valence-corrected chi connectivity index (χ3v) is 3.70. The zero-order chi connectivity index (χ0) is 17.4. The van der Waals surface area contributed by atoms with Crippen molar-refractivity contribution in [3.8, 4) is 5.75 Å². The fraction of sp³-hybridized carbons (Fsp3) is 0.316. The van der Waals surface area contributed by atoms with Crippen LogP contribution in [0.3, 0.4) is 0 Å². The van der Waals surface area contributed by atoms with Crippen molar-refractivity contribution < 1.29 is 14.3 Å². The van der Waals surface area contributed by atoms with Gasteiger partial charge >= 0.3 is 0 Å². The first-order valence-corrected chi connectivity index (χ1v) is 7.91. The number of amides is 1. The average molecular weight is 328 g/mol. The van der Waals surface area contributed by atoms with Crippen LogP contribution in [0.15, 0.2) is 54.6 Å². The van der Waals surface area contributed by atoms with Crippen LogP contribution in [-0.2, 0) is 15.1 Å². The molecule has 3 N–H and O–H groups in total. The van der Waals surface area contributed by atoms with E-state index in [1.54, 1.807) is 26.2 Å². The topological polar surface area (TPSA) is 73.6 Å². The number of hydrogen-bond donors (Lipinski definition) is 2. The fourth-order valence-corrected chi connectivity index (χ4v) is 2.23. The van der Waals surface area contributed by atoms with E-state index in [4.69, 9.17) is 15.2 Å². The molecule has 1 atom stereocenters. The largest absolute Gasteiger partial charge is 0.493 e. The summed E-state index contributed by atoms with van der Waals surface area (Å²) in [5.41, 5.74) is 6.52. The van der Waals surface area contributed by atoms with E-state index in [1.165, 1.54) is 0 Å². The summed E-state index contributed by atoms with van der Waals surface area (Å²) in [5.74, 6) is 0.424. The molecule has 0 spiro atoms. The number of methoxy groups -OCH3 is 1. The van der Waals surface area contributed by atoms with Crippen LogP contribution in [-0.4, -0.2) is 26.2 Å². The number of nitrogens with one attached hydrogen (secondary N) is 1. The molecule has 0 saturated heterocycles. The third-order valence-electron chi connectivity index (χ3n) is 3.70. The van der Waals surface area contributed by atoms with Crippen LogP contribution < -0.4 is 15.8 Å². The van der Waals surface area contributed by atoms with Crippen molar-refractivity contribution in [2.45, 2.75) is 18.9 Å². The van der Waals surface area contributed by atoms with E-state index in [0.29, 0.717) is 24.7 Å². The minimum atomic E-state index is -1.11. The minimum absolute atomic E-state index is 0.273. The summed E-state index contributed by atoms with van der Waals surface area (Å²) < 4.78 is 10.6. The van der Waals surface area contributed by atoms with Gasteiger partial charge in [-0.2, -0.15) is 0 Å². The smallest absolute Gasteiger partial charge is 0.248 e. The van der Waals surface area contributed by atoms with Crippen LogP contribution in [0.5, 0.6) is 5.75 Å². The summed E-state index contributed by atoms with van der Waals surface area (Å²) in [6.07, 6.45) is 0.808. The molecule has 0 aromatic heterocycles. The summed E-state index contributed by atoms with van der Waals surface area (Å²) >= 11 is 0. The van der Waals surface area contributed by atoms with Crippen LogP contribution in [0, 0.1) is 0 Å². The maximum absolute atomic E-state index is 12.6. The second kappa shape index (κ2) is 8.47. The lowest BCUT2D eigenvalue weighted by molar-refractivity contribution is -0.120. The summed E-state index contributed by atoms with van der Waals surface area (Å²) in [6, 6.07) is 16.6. The number of ether oxygens (including phenoxy) is 2. The van der Waals surface area contributed by atoms with E-state index in [-0.39, 0.29) is 5.91 Å². The van der Waals surface area contributed by atoms with E-state index in [1.807, 2.05) is 42.5 Å². The molecule has 1 amide bonds. The van der Waals surface area contributed by atoms with Crippen LogP contribution in [0.2, 0.25) is 0 Å². The van der Waals surface area contributed by atoms with Crippen molar-refractivity contribution in [1.82, 2.24) is 0 Å². The molecule has 2 aromatic carbocycles. The highest BCUT2D eigenvalue weighted by Gasteiger charge is 2.30. The lowest BCUT2D eigenvalue weighted by Crippen LogP contribution is -2.45. The maximum Gasteiger partial charge on any atom is 0.248 e. The Kier molecular flexibility index (Phi) is 6.35. The number of carbonyl (C=O) groups excluding carboxylic acids is 1. The van der Waals surface area contributed by atoms with E-state index in [0.717, 1.165) is 12.0 Å². The molecule has 0 aliphatic carbocycles. The second-order valence-corrected chi connectivity index (χ2v) is 5.75. The molecule has 24 heavy (non-hydrogen) atoms. The van der Waals surface area contributed by atoms with Gasteiger partial charge in [0.25, 0.3) is 0 Å². The van der Waals surface area contributed by atoms with E-state index in [2.05, 4.69) is 5.32 Å². The normalized spacial score (nSPS) is 13.1. The molecule has 0 aliphatic heterocycles. The maximum atomic E-state index is 12.6. The van der Waals surface area contributed by atoms with E-state index < -0.39 is 5.54 Å². The van der Waals surface area contributed by atoms with Gasteiger partial charge in [0.05, 0.1) is 6.61 Å². The Balaban J connectivity index is 2.01. The first-order valence-electron chi connectivity index (χ1n) is 7.91. The van der Waals surface area contributed by atoms with Crippen LogP contribution in [0.4, 0.5) is 5.69 Å². The quantitative estimate of drug-likeness (QED) is 0.731. The van der Waals surface area contributed by atoms with E-state index in [9.17, 15) is 4.79 Å². The summed E-state index contributed by atoms with van der Waals surface area (Å²) in [4.78, 5) is 12.6. The molecule has 5 nitrogen and oxygen atoms in total. The minimum Gasteiger partial charge on any atom is -0.493 e. The Bertz CT molecular complexity index is 657. The molecular formula is C19H24N2O3. The molecule has 1 unspecified atom stereocenters. The van der Waals surface area contributed by atoms with Gasteiger partial charge in [0.1, 0.15) is 11.3 Å². The lowest BCUT2D eigenvalue weighted by Gasteiger charge is -2.24. The highest BCUT2D eigenvalue weighted by molar-refractivity contribution is 5.98. The Labute approximate surface area is 142 Å². The summed E-state index contributed by atoms with van der Waals surface area (Å²) in [7, 11) is 1.66. The number of carbonyl (C=O) groups is 1. The second-order valence-electron chi connectivity index (χ2n) is 5.75. The number of anilines is 1. The van der Waals surface area contributed by atoms with Crippen molar-refractivity contribution >= 4 is 11.6 Å². The van der Waals surface area contributed by atoms with Crippen LogP contribution >= 0.6 is 0 Å². The molecular weight excluding hydrogens is 304 g/mol. The van der Waals surface area contributed by atoms with Crippen LogP contribution in [0.25, 0.3) is 0 Å². The Morgan fingerprint density at radius 1 is 1.12 bits per heavy atom. The van der Waals surface area contributed by atoms with E-state index >= 15 is 0 Å². The predicted molar refractivity (Wildman–Crippen MR) is 95.0 cm³/mol. The van der Waals surface area contributed by atoms with Crippen molar-refractivity contribution in [2.75, 3.05) is 25.6 Å². The molecule has 0 aliphatic rings. The highest BCUT2D eigenvalue weighted by atomic mass is 16.5. The van der Waals surface area contributed by atoms with Gasteiger partial charge in [-0.15, -0.1) is 0 Å². The van der Waals surface area contributed by atoms with Crippen molar-refractivity contribution in [3.63, 3.8) is 0 Å². The van der Waals surface area contributed by atoms with Gasteiger partial charge in [-0.1, -0.05) is 36.4 Å². The summed E-state index contributed by atoms with van der Waals surface area (Å²) in [6.45, 7) is 2.91. The number of benzene rings is 2. The number of hydrogen-bond acceptors (Lipinski definition) is 4. The fourth-order valence-electron chi connectivity index (χ4n) is 2.23. The number of rotatable bonds is 8. The van der Waals surface area contributed by atoms with Gasteiger partial charge in [-0.25, -0.2) is 0 Å². The molecule has 2 rings (SSSR count). The molecule has 0 saturated carbocycles. The first kappa shape index (κ1) is 18.0. The zero-order valence-electron chi connectivity index (χ0n) is 14.1. The first-order chi connectivity index (χ1) is 11.5. The SMILES string of the molecule is COCCCOc1cccc(NC(=O)C(C)(N)c2ccccc2)c1. The van der Waals surface area contributed by atoms with Gasteiger partial charge in [-0.3, -0.25) is 4.79 Å². The zero-order valence-corrected chi connectivity index (χ0v) is 14.1. The lowest BCUT2D eigenvalue weighted by atomic mass is 9.92. The van der Waals surface area contributed by atoms with Crippen molar-refractivity contribution in [2.24, 2.45) is 5.73 Å². The standard InChI is InChI=1S/C19H24N2O3/c1-19(20,15-8-4-3-5-9-15)18(22)21-16-10-6-11-17(14-16)24-13-7-12-23-2/h3-6,8-11,14H,7,12-13,20H2,1-2H3,(H,21,22). The molecule has 5 heteroatoms. The molecule has 0 radical (unpaired) electrons. The van der Waals surface area contributed by atoms with Gasteiger partial charge in [0, 0.05) is 31.9 Å². The molecule has 0 bridgehead atoms. The van der Waals surface area contributed by atoms with Crippen molar-refractivity contribution in [3.05, 3.63) is 60.2 Å².